The summed E-state index contributed by atoms with van der Waals surface area (Å²) in [5, 5.41) is 3.59. The number of aryl methyl sites for hydroxylation is 1. The van der Waals surface area contributed by atoms with Crippen molar-refractivity contribution in [2.75, 3.05) is 0 Å². The largest absolute Gasteiger partial charge is 0.266 e. The van der Waals surface area contributed by atoms with Crippen LogP contribution in [0.3, 0.4) is 0 Å². The molecule has 0 spiro atoms. The van der Waals surface area contributed by atoms with Crippen molar-refractivity contribution in [3.63, 3.8) is 0 Å². The molecule has 0 aliphatic heterocycles. The van der Waals surface area contributed by atoms with E-state index in [0.29, 0.717) is 0 Å². The maximum Gasteiger partial charge on any atom is 0.266 e. The summed E-state index contributed by atoms with van der Waals surface area (Å²) < 4.78 is 37.5. The van der Waals surface area contributed by atoms with E-state index < -0.39 is 14.9 Å². The molecule has 4 nitrogen and oxygen atoms in total. The van der Waals surface area contributed by atoms with Crippen LogP contribution in [0.4, 0.5) is 4.39 Å². The third kappa shape index (κ3) is 2.58. The Morgan fingerprint density at radius 3 is 2.42 bits per heavy atom. The van der Waals surface area contributed by atoms with Crippen LogP contribution in [-0.4, -0.2) is 18.2 Å². The van der Waals surface area contributed by atoms with E-state index in [2.05, 4.69) is 5.10 Å². The van der Waals surface area contributed by atoms with Gasteiger partial charge in [0, 0.05) is 10.7 Å². The maximum absolute atomic E-state index is 13.8. The minimum absolute atomic E-state index is 0.0444. The fourth-order valence-corrected chi connectivity index (χ4v) is 3.76. The van der Waals surface area contributed by atoms with Gasteiger partial charge in [0.25, 0.3) is 9.05 Å². The summed E-state index contributed by atoms with van der Waals surface area (Å²) >= 11 is 11.8. The third-order valence-electron chi connectivity index (χ3n) is 2.35. The van der Waals surface area contributed by atoms with Crippen molar-refractivity contribution in [1.82, 2.24) is 9.78 Å². The van der Waals surface area contributed by atoms with Gasteiger partial charge in [0.05, 0.1) is 10.7 Å². The minimum atomic E-state index is -4.09. The van der Waals surface area contributed by atoms with Crippen molar-refractivity contribution >= 4 is 42.9 Å². The topological polar surface area (TPSA) is 52.0 Å². The third-order valence-corrected chi connectivity index (χ3v) is 4.55. The molecule has 0 fully saturated rings. The lowest BCUT2D eigenvalue weighted by Gasteiger charge is -2.06. The predicted octanol–water partition coefficient (Wildman–Crippen LogP) is 3.55. The summed E-state index contributed by atoms with van der Waals surface area (Å²) in [5.41, 5.74) is -0.0804. The first kappa shape index (κ1) is 14.6. The highest BCUT2D eigenvalue weighted by Gasteiger charge is 2.26. The Balaban J connectivity index is 2.80. The molecular formula is C10H6Cl3FN2O2S. The Kier molecular flexibility index (Phi) is 3.79. The van der Waals surface area contributed by atoms with Gasteiger partial charge in [-0.25, -0.2) is 17.5 Å². The number of hydrogen-bond acceptors (Lipinski definition) is 3. The average molecular weight is 344 g/mol. The normalized spacial score (nSPS) is 11.8. The van der Waals surface area contributed by atoms with Crippen LogP contribution < -0.4 is 0 Å². The molecule has 102 valence electrons. The summed E-state index contributed by atoms with van der Waals surface area (Å²) in [7, 11) is 1.17. The van der Waals surface area contributed by atoms with Crippen LogP contribution in [0, 0.1) is 12.7 Å². The van der Waals surface area contributed by atoms with E-state index in [9.17, 15) is 12.8 Å². The lowest BCUT2D eigenvalue weighted by molar-refractivity contribution is 0.607. The lowest BCUT2D eigenvalue weighted by atomic mass is 10.3. The van der Waals surface area contributed by atoms with Gasteiger partial charge >= 0.3 is 0 Å². The second kappa shape index (κ2) is 4.94. The number of benzene rings is 1. The van der Waals surface area contributed by atoms with E-state index in [4.69, 9.17) is 33.9 Å². The van der Waals surface area contributed by atoms with Crippen LogP contribution in [0.15, 0.2) is 23.1 Å². The summed E-state index contributed by atoms with van der Waals surface area (Å²) in [6.45, 7) is 1.40. The molecule has 19 heavy (non-hydrogen) atoms. The van der Waals surface area contributed by atoms with Crippen molar-refractivity contribution in [3.8, 4) is 5.69 Å². The van der Waals surface area contributed by atoms with Gasteiger partial charge in [-0.15, -0.1) is 0 Å². The highest BCUT2D eigenvalue weighted by atomic mass is 35.7. The molecule has 0 aliphatic carbocycles. The quantitative estimate of drug-likeness (QED) is 0.784. The molecule has 0 atom stereocenters. The average Bonchev–Trinajstić information content (AvgIpc) is 2.53. The molecule has 2 rings (SSSR count). The van der Waals surface area contributed by atoms with Crippen molar-refractivity contribution in [2.24, 2.45) is 0 Å². The zero-order valence-corrected chi connectivity index (χ0v) is 12.4. The van der Waals surface area contributed by atoms with E-state index >= 15 is 0 Å². The molecule has 1 aromatic carbocycles. The first-order valence-corrected chi connectivity index (χ1v) is 7.94. The highest BCUT2D eigenvalue weighted by Crippen LogP contribution is 2.33. The Hall–Kier alpha value is -0.820. The number of halogens is 4. The van der Waals surface area contributed by atoms with Gasteiger partial charge < -0.3 is 0 Å². The molecule has 0 aliphatic rings. The van der Waals surface area contributed by atoms with Crippen LogP contribution in [0.25, 0.3) is 5.69 Å². The number of aromatic nitrogens is 2. The van der Waals surface area contributed by atoms with Gasteiger partial charge in [-0.3, -0.25) is 0 Å². The Morgan fingerprint density at radius 1 is 1.32 bits per heavy atom. The number of nitrogens with zero attached hydrogens (tertiary/aromatic N) is 2. The Morgan fingerprint density at radius 2 is 1.95 bits per heavy atom. The van der Waals surface area contributed by atoms with Crippen LogP contribution in [-0.2, 0) is 9.05 Å². The molecule has 0 amide bonds. The molecular weight excluding hydrogens is 338 g/mol. The predicted molar refractivity (Wildman–Crippen MR) is 71.3 cm³/mol. The standard InChI is InChI=1S/C10H6Cl3FN2O2S/c1-5-9(19(13,17)18)10(12)16(15-5)8-6(11)3-2-4-7(8)14/h2-4H,1H3. The van der Waals surface area contributed by atoms with Crippen LogP contribution in [0.2, 0.25) is 10.2 Å². The summed E-state index contributed by atoms with van der Waals surface area (Å²) in [6, 6.07) is 4.00. The summed E-state index contributed by atoms with van der Waals surface area (Å²) in [4.78, 5) is -0.366. The number of rotatable bonds is 2. The van der Waals surface area contributed by atoms with E-state index in [1.807, 2.05) is 0 Å². The van der Waals surface area contributed by atoms with Crippen molar-refractivity contribution in [3.05, 3.63) is 39.9 Å². The first-order chi connectivity index (χ1) is 8.73. The maximum atomic E-state index is 13.8. The monoisotopic (exact) mass is 342 g/mol. The van der Waals surface area contributed by atoms with Crippen LogP contribution in [0.1, 0.15) is 5.69 Å². The van der Waals surface area contributed by atoms with E-state index in [0.717, 1.165) is 10.7 Å². The van der Waals surface area contributed by atoms with Crippen molar-refractivity contribution in [1.29, 1.82) is 0 Å². The molecule has 1 aromatic heterocycles. The molecule has 0 unspecified atom stereocenters. The van der Waals surface area contributed by atoms with Crippen LogP contribution >= 0.6 is 33.9 Å². The Labute approximate surface area is 123 Å². The second-order valence-electron chi connectivity index (χ2n) is 3.63. The molecule has 0 bridgehead atoms. The smallest absolute Gasteiger partial charge is 0.216 e. The fourth-order valence-electron chi connectivity index (χ4n) is 1.60. The molecule has 0 saturated heterocycles. The van der Waals surface area contributed by atoms with E-state index in [1.54, 1.807) is 0 Å². The molecule has 0 radical (unpaired) electrons. The van der Waals surface area contributed by atoms with Crippen molar-refractivity contribution in [2.45, 2.75) is 11.8 Å². The van der Waals surface area contributed by atoms with Gasteiger partial charge in [-0.1, -0.05) is 29.3 Å². The zero-order valence-electron chi connectivity index (χ0n) is 9.36. The van der Waals surface area contributed by atoms with Crippen molar-refractivity contribution < 1.29 is 12.8 Å². The zero-order chi connectivity index (χ0) is 14.4. The highest BCUT2D eigenvalue weighted by molar-refractivity contribution is 8.13. The van der Waals surface area contributed by atoms with Gasteiger partial charge in [0.1, 0.15) is 16.4 Å². The van der Waals surface area contributed by atoms with E-state index in [-0.39, 0.29) is 26.5 Å². The molecule has 9 heteroatoms. The van der Waals surface area contributed by atoms with Gasteiger partial charge in [0.2, 0.25) is 0 Å². The second-order valence-corrected chi connectivity index (χ2v) is 6.89. The Bertz CT molecular complexity index is 738. The molecule has 0 N–H and O–H groups in total. The fraction of sp³-hybridized carbons (Fsp3) is 0.100. The van der Waals surface area contributed by atoms with Gasteiger partial charge in [-0.2, -0.15) is 5.10 Å². The lowest BCUT2D eigenvalue weighted by Crippen LogP contribution is -2.01. The first-order valence-electron chi connectivity index (χ1n) is 4.87. The minimum Gasteiger partial charge on any atom is -0.216 e. The van der Waals surface area contributed by atoms with Crippen LogP contribution in [0.5, 0.6) is 0 Å². The van der Waals surface area contributed by atoms with E-state index in [1.165, 1.54) is 19.1 Å². The van der Waals surface area contributed by atoms with Gasteiger partial charge in [0.15, 0.2) is 5.15 Å². The SMILES string of the molecule is Cc1nn(-c2c(F)cccc2Cl)c(Cl)c1S(=O)(=O)Cl. The number of para-hydroxylation sites is 1. The summed E-state index contributed by atoms with van der Waals surface area (Å²) in [5.74, 6) is -0.685. The molecule has 2 aromatic rings. The molecule has 1 heterocycles. The molecule has 0 saturated carbocycles. The van der Waals surface area contributed by atoms with Gasteiger partial charge in [-0.05, 0) is 19.1 Å². The summed E-state index contributed by atoms with van der Waals surface area (Å²) in [6.07, 6.45) is 0. The number of hydrogen-bond donors (Lipinski definition) is 0.